The summed E-state index contributed by atoms with van der Waals surface area (Å²) in [5.41, 5.74) is 0.109. The molecule has 8 heteroatoms. The van der Waals surface area contributed by atoms with Crippen LogP contribution in [0.2, 0.25) is 5.02 Å². The Bertz CT molecular complexity index is 791. The van der Waals surface area contributed by atoms with E-state index in [0.717, 1.165) is 5.56 Å². The fourth-order valence-corrected chi connectivity index (χ4v) is 2.27. The van der Waals surface area contributed by atoms with Gasteiger partial charge in [-0.2, -0.15) is 0 Å². The van der Waals surface area contributed by atoms with Crippen LogP contribution in [0.15, 0.2) is 42.5 Å². The maximum Gasteiger partial charge on any atom is 0.372 e. The summed E-state index contributed by atoms with van der Waals surface area (Å²) >= 11 is 5.91. The van der Waals surface area contributed by atoms with Crippen molar-refractivity contribution in [3.63, 3.8) is 0 Å². The number of benzene rings is 2. The SMILES string of the molecule is O=C(O)C(=O)Cc1c(Cl)ccc(OCc2ccccc2)c1[N+](=O)[O-]. The Hall–Kier alpha value is -2.93. The van der Waals surface area contributed by atoms with Gasteiger partial charge in [0.2, 0.25) is 5.78 Å². The lowest BCUT2D eigenvalue weighted by Crippen LogP contribution is -2.16. The molecular weight excluding hydrogens is 338 g/mol. The Balaban J connectivity index is 2.35. The molecule has 0 fully saturated rings. The minimum absolute atomic E-state index is 0.0663. The molecule has 0 atom stereocenters. The molecule has 0 amide bonds. The van der Waals surface area contributed by atoms with Gasteiger partial charge in [0.05, 0.1) is 21.9 Å². The summed E-state index contributed by atoms with van der Waals surface area (Å²) in [6, 6.07) is 11.6. The van der Waals surface area contributed by atoms with Crippen molar-refractivity contribution in [2.24, 2.45) is 0 Å². The van der Waals surface area contributed by atoms with Gasteiger partial charge in [-0.05, 0) is 17.7 Å². The van der Waals surface area contributed by atoms with Gasteiger partial charge in [0.15, 0.2) is 5.75 Å². The number of hydrogen-bond acceptors (Lipinski definition) is 5. The minimum Gasteiger partial charge on any atom is -0.482 e. The molecule has 124 valence electrons. The standard InChI is InChI=1S/C16H12ClNO6/c17-12-6-7-14(24-9-10-4-2-1-3-5-10)15(18(22)23)11(12)8-13(19)16(20)21/h1-7H,8-9H2,(H,20,21). The number of halogens is 1. The van der Waals surface area contributed by atoms with E-state index >= 15 is 0 Å². The first kappa shape index (κ1) is 17.4. The third-order valence-electron chi connectivity index (χ3n) is 3.18. The van der Waals surface area contributed by atoms with Crippen LogP contribution < -0.4 is 4.74 Å². The second kappa shape index (κ2) is 7.56. The molecule has 0 saturated heterocycles. The molecule has 0 aliphatic carbocycles. The van der Waals surface area contributed by atoms with Gasteiger partial charge < -0.3 is 9.84 Å². The van der Waals surface area contributed by atoms with E-state index in [1.54, 1.807) is 24.3 Å². The maximum absolute atomic E-state index is 11.4. The summed E-state index contributed by atoms with van der Waals surface area (Å²) in [6.07, 6.45) is -0.687. The van der Waals surface area contributed by atoms with Crippen molar-refractivity contribution in [1.29, 1.82) is 0 Å². The number of hydrogen-bond donors (Lipinski definition) is 1. The predicted molar refractivity (Wildman–Crippen MR) is 85.2 cm³/mol. The first-order valence-corrected chi connectivity index (χ1v) is 7.16. The van der Waals surface area contributed by atoms with Gasteiger partial charge >= 0.3 is 11.7 Å². The summed E-state index contributed by atoms with van der Waals surface area (Å²) in [6.45, 7) is 0.0790. The second-order valence-electron chi connectivity index (χ2n) is 4.81. The van der Waals surface area contributed by atoms with E-state index in [9.17, 15) is 19.7 Å². The molecule has 0 aromatic heterocycles. The molecule has 7 nitrogen and oxygen atoms in total. The van der Waals surface area contributed by atoms with Crippen molar-refractivity contribution < 1.29 is 24.4 Å². The molecule has 0 saturated carbocycles. The number of ketones is 1. The summed E-state index contributed by atoms with van der Waals surface area (Å²) in [7, 11) is 0. The lowest BCUT2D eigenvalue weighted by molar-refractivity contribution is -0.386. The Kier molecular flexibility index (Phi) is 5.49. The molecule has 0 unspecified atom stereocenters. The predicted octanol–water partition coefficient (Wildman–Crippen LogP) is 3.02. The van der Waals surface area contributed by atoms with E-state index in [1.807, 2.05) is 6.07 Å². The average molecular weight is 350 g/mol. The number of nitro groups is 1. The molecule has 0 heterocycles. The normalized spacial score (nSPS) is 10.2. The summed E-state index contributed by atoms with van der Waals surface area (Å²) in [5, 5.41) is 20.0. The largest absolute Gasteiger partial charge is 0.482 e. The van der Waals surface area contributed by atoms with Crippen LogP contribution in [0.1, 0.15) is 11.1 Å². The monoisotopic (exact) mass is 349 g/mol. The molecule has 0 aliphatic rings. The van der Waals surface area contributed by atoms with Gasteiger partial charge in [0.25, 0.3) is 0 Å². The summed E-state index contributed by atoms with van der Waals surface area (Å²) in [4.78, 5) is 32.7. The third-order valence-corrected chi connectivity index (χ3v) is 3.54. The van der Waals surface area contributed by atoms with Crippen molar-refractivity contribution in [2.75, 3.05) is 0 Å². The second-order valence-corrected chi connectivity index (χ2v) is 5.22. The first-order chi connectivity index (χ1) is 11.4. The number of nitro benzene ring substituents is 1. The first-order valence-electron chi connectivity index (χ1n) is 6.78. The van der Waals surface area contributed by atoms with Gasteiger partial charge in [-0.3, -0.25) is 14.9 Å². The van der Waals surface area contributed by atoms with E-state index in [-0.39, 0.29) is 22.9 Å². The number of carboxylic acid groups (broad SMARTS) is 1. The van der Waals surface area contributed by atoms with Crippen LogP contribution in [-0.2, 0) is 22.6 Å². The Morgan fingerprint density at radius 2 is 1.83 bits per heavy atom. The van der Waals surface area contributed by atoms with E-state index in [1.165, 1.54) is 12.1 Å². The van der Waals surface area contributed by atoms with Crippen LogP contribution in [0, 0.1) is 10.1 Å². The van der Waals surface area contributed by atoms with E-state index < -0.39 is 28.8 Å². The van der Waals surface area contributed by atoms with Gasteiger partial charge in [-0.25, -0.2) is 4.79 Å². The van der Waals surface area contributed by atoms with Crippen LogP contribution in [0.25, 0.3) is 0 Å². The number of carbonyl (C=O) groups excluding carboxylic acids is 1. The van der Waals surface area contributed by atoms with E-state index in [2.05, 4.69) is 0 Å². The highest BCUT2D eigenvalue weighted by Gasteiger charge is 2.27. The van der Waals surface area contributed by atoms with E-state index in [4.69, 9.17) is 21.4 Å². The molecule has 0 radical (unpaired) electrons. The molecule has 2 rings (SSSR count). The lowest BCUT2D eigenvalue weighted by Gasteiger charge is -2.10. The van der Waals surface area contributed by atoms with Crippen molar-refractivity contribution in [3.05, 3.63) is 68.7 Å². The van der Waals surface area contributed by atoms with Crippen LogP contribution in [0.3, 0.4) is 0 Å². The molecular formula is C16H12ClNO6. The zero-order valence-electron chi connectivity index (χ0n) is 12.3. The van der Waals surface area contributed by atoms with Crippen LogP contribution in [0.5, 0.6) is 5.75 Å². The minimum atomic E-state index is -1.68. The average Bonchev–Trinajstić information content (AvgIpc) is 2.55. The van der Waals surface area contributed by atoms with Crippen molar-refractivity contribution in [2.45, 2.75) is 13.0 Å². The highest BCUT2D eigenvalue weighted by molar-refractivity contribution is 6.35. The quantitative estimate of drug-likeness (QED) is 0.467. The number of aliphatic carboxylic acids is 1. The van der Waals surface area contributed by atoms with Crippen molar-refractivity contribution in [1.82, 2.24) is 0 Å². The molecule has 0 bridgehead atoms. The Morgan fingerprint density at radius 1 is 1.17 bits per heavy atom. The fourth-order valence-electron chi connectivity index (χ4n) is 2.05. The maximum atomic E-state index is 11.4. The molecule has 24 heavy (non-hydrogen) atoms. The number of rotatable bonds is 7. The number of ether oxygens (including phenoxy) is 1. The lowest BCUT2D eigenvalue weighted by atomic mass is 10.1. The molecule has 0 spiro atoms. The molecule has 1 N–H and O–H groups in total. The van der Waals surface area contributed by atoms with E-state index in [0.29, 0.717) is 0 Å². The van der Waals surface area contributed by atoms with Gasteiger partial charge in [-0.1, -0.05) is 41.9 Å². The van der Waals surface area contributed by atoms with Gasteiger partial charge in [0.1, 0.15) is 6.61 Å². The highest BCUT2D eigenvalue weighted by atomic mass is 35.5. The topological polar surface area (TPSA) is 107 Å². The number of carboxylic acids is 1. The smallest absolute Gasteiger partial charge is 0.372 e. The zero-order valence-corrected chi connectivity index (χ0v) is 13.0. The van der Waals surface area contributed by atoms with Crippen LogP contribution in [-0.4, -0.2) is 21.8 Å². The highest BCUT2D eigenvalue weighted by Crippen LogP contribution is 2.36. The van der Waals surface area contributed by atoms with Gasteiger partial charge in [-0.15, -0.1) is 0 Å². The number of Topliss-reactive ketones (excluding diaryl/α,β-unsaturated/α-hetero) is 1. The summed E-state index contributed by atoms with van der Waals surface area (Å²) in [5.74, 6) is -2.96. The molecule has 0 aliphatic heterocycles. The van der Waals surface area contributed by atoms with Crippen molar-refractivity contribution >= 4 is 29.0 Å². The Morgan fingerprint density at radius 3 is 2.42 bits per heavy atom. The summed E-state index contributed by atoms with van der Waals surface area (Å²) < 4.78 is 5.46. The fraction of sp³-hybridized carbons (Fsp3) is 0.125. The third kappa shape index (κ3) is 4.08. The van der Waals surface area contributed by atoms with Crippen LogP contribution >= 0.6 is 11.6 Å². The zero-order chi connectivity index (χ0) is 17.7. The Labute approximate surface area is 141 Å². The molecule has 2 aromatic rings. The van der Waals surface area contributed by atoms with Crippen LogP contribution in [0.4, 0.5) is 5.69 Å². The van der Waals surface area contributed by atoms with Crippen molar-refractivity contribution in [3.8, 4) is 5.75 Å². The number of nitrogens with zero attached hydrogens (tertiary/aromatic N) is 1. The number of carbonyl (C=O) groups is 2. The molecule has 2 aromatic carbocycles. The van der Waals surface area contributed by atoms with Gasteiger partial charge in [0, 0.05) is 0 Å².